The van der Waals surface area contributed by atoms with Crippen LogP contribution in [0.4, 0.5) is 13.2 Å². The summed E-state index contributed by atoms with van der Waals surface area (Å²) in [4.78, 5) is 0. The van der Waals surface area contributed by atoms with Crippen molar-refractivity contribution in [3.05, 3.63) is 76.6 Å². The monoisotopic (exact) mass is 453 g/mol. The van der Waals surface area contributed by atoms with E-state index in [0.29, 0.717) is 5.56 Å². The first-order valence-electron chi connectivity index (χ1n) is 10.0. The summed E-state index contributed by atoms with van der Waals surface area (Å²) in [5, 5.41) is 0.209. The fraction of sp³-hybridized carbons (Fsp3) is 0.391. The van der Waals surface area contributed by atoms with E-state index in [1.807, 2.05) is 45.2 Å². The first kappa shape index (κ1) is 23.9. The van der Waals surface area contributed by atoms with E-state index in [0.717, 1.165) is 5.56 Å². The number of hydrogen-bond donors (Lipinski definition) is 0. The molecule has 4 nitrogen and oxygen atoms in total. The Hall–Kier alpha value is -1.76. The van der Waals surface area contributed by atoms with Crippen LogP contribution in [0.5, 0.6) is 0 Å². The Morgan fingerprint density at radius 1 is 0.806 bits per heavy atom. The molecule has 170 valence electrons. The first-order valence-corrected chi connectivity index (χ1v) is 12.0. The van der Waals surface area contributed by atoms with E-state index in [1.165, 1.54) is 12.1 Å². The molecule has 0 radical (unpaired) electrons. The van der Waals surface area contributed by atoms with Gasteiger partial charge >= 0.3 is 183 Å². The Kier molecular flexibility index (Phi) is 5.92. The predicted octanol–water partition coefficient (Wildman–Crippen LogP) is 5.72. The summed E-state index contributed by atoms with van der Waals surface area (Å²) >= 11 is 0. The molecule has 2 aromatic carbocycles. The SMILES string of the molecule is Cc1ccc(/C=C2\C(c3ccccc3)(C(F)(F)F)OP2(N(C)C)(N(C)C)N(C)C)cc1. The van der Waals surface area contributed by atoms with E-state index >= 15 is 0 Å². The summed E-state index contributed by atoms with van der Waals surface area (Å²) in [6.07, 6.45) is -2.99. The van der Waals surface area contributed by atoms with Crippen molar-refractivity contribution in [2.24, 2.45) is 0 Å². The fourth-order valence-corrected chi connectivity index (χ4v) is 10.8. The van der Waals surface area contributed by atoms with Crippen LogP contribution in [0.3, 0.4) is 0 Å². The molecule has 0 N–H and O–H groups in total. The van der Waals surface area contributed by atoms with Crippen LogP contribution in [0, 0.1) is 6.92 Å². The van der Waals surface area contributed by atoms with E-state index < -0.39 is 19.1 Å². The van der Waals surface area contributed by atoms with Gasteiger partial charge in [0.25, 0.3) is 0 Å². The van der Waals surface area contributed by atoms with E-state index in [1.54, 1.807) is 66.6 Å². The van der Waals surface area contributed by atoms with Crippen molar-refractivity contribution >= 4 is 13.4 Å². The molecule has 1 aliphatic rings. The summed E-state index contributed by atoms with van der Waals surface area (Å²) in [7, 11) is 6.75. The first-order chi connectivity index (χ1) is 14.3. The molecule has 1 atom stereocenters. The van der Waals surface area contributed by atoms with Gasteiger partial charge in [0.1, 0.15) is 0 Å². The number of rotatable bonds is 5. The Balaban J connectivity index is 2.46. The molecule has 1 fully saturated rings. The normalized spacial score (nSPS) is 25.5. The molecule has 3 rings (SSSR count). The Morgan fingerprint density at radius 3 is 1.71 bits per heavy atom. The van der Waals surface area contributed by atoms with E-state index in [9.17, 15) is 13.2 Å². The molecule has 1 unspecified atom stereocenters. The van der Waals surface area contributed by atoms with E-state index in [2.05, 4.69) is 0 Å². The Bertz CT molecular complexity index is 947. The van der Waals surface area contributed by atoms with Gasteiger partial charge in [-0.15, -0.1) is 0 Å². The van der Waals surface area contributed by atoms with Gasteiger partial charge in [-0.2, -0.15) is 0 Å². The zero-order chi connectivity index (χ0) is 23.3. The van der Waals surface area contributed by atoms with Crippen LogP contribution in [0.15, 0.2) is 59.9 Å². The van der Waals surface area contributed by atoms with Crippen molar-refractivity contribution in [2.75, 3.05) is 42.3 Å². The van der Waals surface area contributed by atoms with E-state index in [4.69, 9.17) is 4.52 Å². The minimum absolute atomic E-state index is 0.0756. The van der Waals surface area contributed by atoms with Gasteiger partial charge < -0.3 is 0 Å². The number of alkyl halides is 3. The second-order valence-corrected chi connectivity index (χ2v) is 13.4. The molecule has 8 heteroatoms. The van der Waals surface area contributed by atoms with Crippen molar-refractivity contribution in [1.29, 1.82) is 0 Å². The number of hydrogen-bond acceptors (Lipinski definition) is 4. The second kappa shape index (κ2) is 7.68. The number of benzene rings is 2. The van der Waals surface area contributed by atoms with Crippen LogP contribution in [0.1, 0.15) is 16.7 Å². The van der Waals surface area contributed by atoms with Gasteiger partial charge in [0.2, 0.25) is 0 Å². The van der Waals surface area contributed by atoms with Crippen molar-refractivity contribution < 1.29 is 17.7 Å². The fourth-order valence-electron chi connectivity index (χ4n) is 4.82. The van der Waals surface area contributed by atoms with E-state index in [-0.39, 0.29) is 10.9 Å². The van der Waals surface area contributed by atoms with Crippen LogP contribution in [0.2, 0.25) is 0 Å². The van der Waals surface area contributed by atoms with Crippen molar-refractivity contribution in [2.45, 2.75) is 18.7 Å². The van der Waals surface area contributed by atoms with Crippen LogP contribution in [-0.2, 0) is 10.1 Å². The molecule has 31 heavy (non-hydrogen) atoms. The molecule has 1 saturated heterocycles. The summed E-state index contributed by atoms with van der Waals surface area (Å²) in [6, 6.07) is 15.4. The van der Waals surface area contributed by atoms with Crippen LogP contribution in [0.25, 0.3) is 6.08 Å². The average Bonchev–Trinajstić information content (AvgIpc) is 2.66. The summed E-state index contributed by atoms with van der Waals surface area (Å²) in [6.45, 7) is 1.95. The minimum atomic E-state index is -4.66. The molecule has 0 amide bonds. The standard InChI is InChI=1S/C23H31F3N3OP/c1-18-13-15-19(16-14-18)17-21-22(23(24,25)26,20-11-9-8-10-12-20)30-31(21,27(2)3,28(4)5)29(6)7/h8-17H,1-7H3/b21-17+. The number of halogens is 3. The molecule has 0 aliphatic carbocycles. The topological polar surface area (TPSA) is 19.0 Å². The molecule has 0 saturated carbocycles. The molecular weight excluding hydrogens is 422 g/mol. The summed E-state index contributed by atoms with van der Waals surface area (Å²) in [5.74, 6) is 0. The van der Waals surface area contributed by atoms with Gasteiger partial charge in [0, 0.05) is 0 Å². The molecule has 1 aliphatic heterocycles. The third-order valence-electron chi connectivity index (χ3n) is 6.21. The van der Waals surface area contributed by atoms with Crippen LogP contribution < -0.4 is 0 Å². The van der Waals surface area contributed by atoms with Gasteiger partial charge in [0.05, 0.1) is 0 Å². The molecular formula is C23H31F3N3OP. The predicted molar refractivity (Wildman–Crippen MR) is 122 cm³/mol. The molecule has 0 bridgehead atoms. The zero-order valence-corrected chi connectivity index (χ0v) is 20.0. The van der Waals surface area contributed by atoms with Crippen molar-refractivity contribution in [3.63, 3.8) is 0 Å². The third-order valence-corrected chi connectivity index (χ3v) is 12.4. The zero-order valence-electron chi connectivity index (χ0n) is 19.1. The molecule has 0 spiro atoms. The van der Waals surface area contributed by atoms with Gasteiger partial charge in [-0.25, -0.2) is 0 Å². The van der Waals surface area contributed by atoms with Gasteiger partial charge in [-0.05, 0) is 0 Å². The average molecular weight is 453 g/mol. The van der Waals surface area contributed by atoms with Crippen LogP contribution >= 0.6 is 7.28 Å². The van der Waals surface area contributed by atoms with Crippen molar-refractivity contribution in [1.82, 2.24) is 14.0 Å². The maximum absolute atomic E-state index is 15.0. The van der Waals surface area contributed by atoms with Crippen molar-refractivity contribution in [3.8, 4) is 0 Å². The third kappa shape index (κ3) is 3.02. The quantitative estimate of drug-likeness (QED) is 0.539. The molecule has 0 aromatic heterocycles. The molecule has 1 heterocycles. The Labute approximate surface area is 183 Å². The van der Waals surface area contributed by atoms with Gasteiger partial charge in [-0.1, -0.05) is 0 Å². The number of nitrogens with zero attached hydrogens (tertiary/aromatic N) is 3. The van der Waals surface area contributed by atoms with Gasteiger partial charge in [0.15, 0.2) is 0 Å². The molecule has 2 aromatic rings. The second-order valence-electron chi connectivity index (χ2n) is 8.52. The summed E-state index contributed by atoms with van der Waals surface area (Å²) in [5.41, 5.74) is -0.724. The maximum atomic E-state index is 15.0. The summed E-state index contributed by atoms with van der Waals surface area (Å²) < 4.78 is 56.7. The number of aryl methyl sites for hydroxylation is 1. The van der Waals surface area contributed by atoms with Gasteiger partial charge in [-0.3, -0.25) is 0 Å². The van der Waals surface area contributed by atoms with Crippen LogP contribution in [-0.4, -0.2) is 62.5 Å². The Morgan fingerprint density at radius 2 is 1.29 bits per heavy atom.